The zero-order valence-electron chi connectivity index (χ0n) is 15.2. The Hall–Kier alpha value is -2.28. The molecular weight excluding hydrogens is 357 g/mol. The Kier molecular flexibility index (Phi) is 5.89. The maximum absolute atomic E-state index is 12.9. The van der Waals surface area contributed by atoms with E-state index in [1.54, 1.807) is 19.2 Å². The molecule has 0 unspecified atom stereocenters. The molecule has 0 aliphatic heterocycles. The summed E-state index contributed by atoms with van der Waals surface area (Å²) in [7, 11) is 1.79. The van der Waals surface area contributed by atoms with Crippen LogP contribution in [0.5, 0.6) is 0 Å². The van der Waals surface area contributed by atoms with Crippen molar-refractivity contribution in [1.29, 1.82) is 0 Å². The lowest BCUT2D eigenvalue weighted by Gasteiger charge is -2.34. The molecule has 1 aromatic heterocycles. The third kappa shape index (κ3) is 5.13. The second-order valence-electron chi connectivity index (χ2n) is 6.97. The molecule has 4 nitrogen and oxygen atoms in total. The van der Waals surface area contributed by atoms with Crippen LogP contribution in [0.2, 0.25) is 0 Å². The van der Waals surface area contributed by atoms with E-state index in [0.29, 0.717) is 5.76 Å². The summed E-state index contributed by atoms with van der Waals surface area (Å²) in [6, 6.07) is 11.3. The van der Waals surface area contributed by atoms with E-state index in [1.165, 1.54) is 11.8 Å². The van der Waals surface area contributed by atoms with Crippen molar-refractivity contribution in [2.24, 2.45) is 0 Å². The number of alkyl halides is 3. The second-order valence-corrected chi connectivity index (χ2v) is 6.97. The van der Waals surface area contributed by atoms with Crippen molar-refractivity contribution in [1.82, 2.24) is 9.80 Å². The lowest BCUT2D eigenvalue weighted by molar-refractivity contribution is -0.163. The zero-order chi connectivity index (χ0) is 19.4. The number of furan rings is 1. The number of halogens is 3. The summed E-state index contributed by atoms with van der Waals surface area (Å²) in [5.41, 5.74) is 2.41. The van der Waals surface area contributed by atoms with Crippen LogP contribution in [0.25, 0.3) is 0 Å². The number of rotatable bonds is 6. The summed E-state index contributed by atoms with van der Waals surface area (Å²) in [6.45, 7) is -1.56. The van der Waals surface area contributed by atoms with Crippen molar-refractivity contribution in [3.63, 3.8) is 0 Å². The van der Waals surface area contributed by atoms with Gasteiger partial charge in [0.05, 0.1) is 19.4 Å². The molecule has 27 heavy (non-hydrogen) atoms. The predicted molar refractivity (Wildman–Crippen MR) is 94.9 cm³/mol. The topological polar surface area (TPSA) is 36.7 Å². The Labute approximate surface area is 156 Å². The van der Waals surface area contributed by atoms with Gasteiger partial charge in [-0.1, -0.05) is 24.3 Å². The zero-order valence-corrected chi connectivity index (χ0v) is 15.2. The van der Waals surface area contributed by atoms with Crippen molar-refractivity contribution >= 4 is 5.91 Å². The molecule has 0 bridgehead atoms. The summed E-state index contributed by atoms with van der Waals surface area (Å²) in [5.74, 6) is -0.229. The molecule has 7 heteroatoms. The van der Waals surface area contributed by atoms with Crippen molar-refractivity contribution in [3.05, 3.63) is 59.5 Å². The molecule has 3 rings (SSSR count). The van der Waals surface area contributed by atoms with E-state index in [-0.39, 0.29) is 19.1 Å². The number of likely N-dealkylation sites (N-methyl/N-ethyl adjacent to an activating group) is 1. The van der Waals surface area contributed by atoms with E-state index >= 15 is 0 Å². The van der Waals surface area contributed by atoms with Crippen molar-refractivity contribution < 1.29 is 22.4 Å². The van der Waals surface area contributed by atoms with Crippen LogP contribution >= 0.6 is 0 Å². The number of hydrogen-bond acceptors (Lipinski definition) is 3. The summed E-state index contributed by atoms with van der Waals surface area (Å²) in [5, 5.41) is 0. The average molecular weight is 380 g/mol. The van der Waals surface area contributed by atoms with Gasteiger partial charge in [-0.25, -0.2) is 0 Å². The summed E-state index contributed by atoms with van der Waals surface area (Å²) in [6.07, 6.45) is -0.195. The van der Waals surface area contributed by atoms with Crippen LogP contribution in [-0.4, -0.2) is 42.0 Å². The number of amides is 1. The van der Waals surface area contributed by atoms with E-state index in [4.69, 9.17) is 4.42 Å². The molecule has 0 spiro atoms. The molecule has 0 saturated carbocycles. The maximum Gasteiger partial charge on any atom is 0.406 e. The molecule has 1 aliphatic carbocycles. The first kappa shape index (κ1) is 19.5. The number of fused-ring (bicyclic) bond motifs is 1. The fourth-order valence-corrected chi connectivity index (χ4v) is 3.65. The van der Waals surface area contributed by atoms with Gasteiger partial charge in [-0.05, 0) is 49.6 Å². The van der Waals surface area contributed by atoms with Crippen LogP contribution in [-0.2, 0) is 17.8 Å². The van der Waals surface area contributed by atoms with E-state index in [2.05, 4.69) is 6.07 Å². The first-order chi connectivity index (χ1) is 12.8. The van der Waals surface area contributed by atoms with Gasteiger partial charge in [-0.15, -0.1) is 0 Å². The molecule has 0 radical (unpaired) electrons. The average Bonchev–Trinajstić information content (AvgIpc) is 3.12. The smallest absolute Gasteiger partial charge is 0.406 e. The van der Waals surface area contributed by atoms with Crippen molar-refractivity contribution in [2.45, 2.75) is 38.0 Å². The molecule has 0 fully saturated rings. The van der Waals surface area contributed by atoms with Crippen LogP contribution in [0.1, 0.15) is 35.8 Å². The molecule has 2 aromatic rings. The molecule has 0 N–H and O–H groups in total. The standard InChI is InChI=1S/C20H23F3N2O2/c1-24(18-10-4-7-15-6-2-3-9-17(15)18)13-19(26)25(14-20(21,22)23)12-16-8-5-11-27-16/h2-3,5-6,8-9,11,18H,4,7,10,12-14H2,1H3/t18-/m1/s1. The highest BCUT2D eigenvalue weighted by molar-refractivity contribution is 5.78. The monoisotopic (exact) mass is 380 g/mol. The third-order valence-corrected chi connectivity index (χ3v) is 4.90. The van der Waals surface area contributed by atoms with E-state index < -0.39 is 18.6 Å². The Balaban J connectivity index is 1.71. The fraction of sp³-hybridized carbons (Fsp3) is 0.450. The van der Waals surface area contributed by atoms with Crippen LogP contribution in [0, 0.1) is 0 Å². The molecule has 0 saturated heterocycles. The van der Waals surface area contributed by atoms with Crippen LogP contribution in [0.3, 0.4) is 0 Å². The highest BCUT2D eigenvalue weighted by atomic mass is 19.4. The van der Waals surface area contributed by atoms with Crippen LogP contribution in [0.15, 0.2) is 47.1 Å². The Bertz CT molecular complexity index is 759. The summed E-state index contributed by atoms with van der Waals surface area (Å²) >= 11 is 0. The van der Waals surface area contributed by atoms with Gasteiger partial charge < -0.3 is 9.32 Å². The first-order valence-corrected chi connectivity index (χ1v) is 8.98. The third-order valence-electron chi connectivity index (χ3n) is 4.90. The van der Waals surface area contributed by atoms with Gasteiger partial charge in [0, 0.05) is 6.04 Å². The normalized spacial score (nSPS) is 17.0. The number of aryl methyl sites for hydroxylation is 1. The van der Waals surface area contributed by atoms with Gasteiger partial charge in [0.2, 0.25) is 5.91 Å². The minimum Gasteiger partial charge on any atom is -0.467 e. The van der Waals surface area contributed by atoms with Gasteiger partial charge >= 0.3 is 6.18 Å². The van der Waals surface area contributed by atoms with Crippen LogP contribution < -0.4 is 0 Å². The molecule has 1 aliphatic rings. The Morgan fingerprint density at radius 2 is 2.00 bits per heavy atom. The first-order valence-electron chi connectivity index (χ1n) is 8.98. The number of carbonyl (C=O) groups is 1. The van der Waals surface area contributed by atoms with Gasteiger partial charge in [0.15, 0.2) is 0 Å². The number of carbonyl (C=O) groups excluding carboxylic acids is 1. The molecule has 1 atom stereocenters. The largest absolute Gasteiger partial charge is 0.467 e. The predicted octanol–water partition coefficient (Wildman–Crippen LogP) is 4.18. The minimum absolute atomic E-state index is 0.0373. The maximum atomic E-state index is 12.9. The molecule has 146 valence electrons. The SMILES string of the molecule is CN(CC(=O)N(Cc1ccco1)CC(F)(F)F)[C@@H]1CCCc2ccccc21. The van der Waals surface area contributed by atoms with Gasteiger partial charge in [-0.2, -0.15) is 13.2 Å². The number of nitrogens with zero attached hydrogens (tertiary/aromatic N) is 2. The lowest BCUT2D eigenvalue weighted by atomic mass is 9.87. The van der Waals surface area contributed by atoms with Crippen molar-refractivity contribution in [2.75, 3.05) is 20.1 Å². The molecule has 1 amide bonds. The lowest BCUT2D eigenvalue weighted by Crippen LogP contribution is -2.44. The second kappa shape index (κ2) is 8.17. The van der Waals surface area contributed by atoms with Gasteiger partial charge in [0.1, 0.15) is 12.3 Å². The number of hydrogen-bond donors (Lipinski definition) is 0. The molecule has 1 aromatic carbocycles. The van der Waals surface area contributed by atoms with Gasteiger partial charge in [-0.3, -0.25) is 9.69 Å². The highest BCUT2D eigenvalue weighted by Crippen LogP contribution is 2.33. The number of benzene rings is 1. The highest BCUT2D eigenvalue weighted by Gasteiger charge is 2.34. The Morgan fingerprint density at radius 3 is 2.70 bits per heavy atom. The molecular formula is C20H23F3N2O2. The van der Waals surface area contributed by atoms with Crippen molar-refractivity contribution in [3.8, 4) is 0 Å². The van der Waals surface area contributed by atoms with Gasteiger partial charge in [0.25, 0.3) is 0 Å². The molecule has 1 heterocycles. The van der Waals surface area contributed by atoms with E-state index in [1.807, 2.05) is 23.1 Å². The quantitative estimate of drug-likeness (QED) is 0.754. The fourth-order valence-electron chi connectivity index (χ4n) is 3.65. The van der Waals surface area contributed by atoms with E-state index in [0.717, 1.165) is 29.7 Å². The van der Waals surface area contributed by atoms with Crippen LogP contribution in [0.4, 0.5) is 13.2 Å². The minimum atomic E-state index is -4.46. The van der Waals surface area contributed by atoms with E-state index in [9.17, 15) is 18.0 Å². The summed E-state index contributed by atoms with van der Waals surface area (Å²) < 4.78 is 44.0. The summed E-state index contributed by atoms with van der Waals surface area (Å²) in [4.78, 5) is 15.3. The Morgan fingerprint density at radius 1 is 1.22 bits per heavy atom.